The first-order chi connectivity index (χ1) is 13.5. The minimum Gasteiger partial charge on any atom is -0.325 e. The second kappa shape index (κ2) is 9.81. The number of thioether (sulfide) groups is 1. The molecule has 3 aromatic carbocycles. The molecule has 0 aliphatic carbocycles. The monoisotopic (exact) mass is 409 g/mol. The number of benzene rings is 3. The quantitative estimate of drug-likeness (QED) is 0.458. The standard InChI is InChI=1S/C24H24ClNOS/c1-17(2)18-10-14-22(15-11-18)26-23(27)16-28-24(19-6-4-3-5-7-19)20-8-12-21(25)13-9-20/h3-15,17,24H,16H2,1-2H3,(H,26,27). The molecule has 3 aromatic rings. The van der Waals surface area contributed by atoms with Crippen molar-refractivity contribution in [1.29, 1.82) is 0 Å². The zero-order valence-corrected chi connectivity index (χ0v) is 17.6. The topological polar surface area (TPSA) is 29.1 Å². The Morgan fingerprint density at radius 1 is 0.857 bits per heavy atom. The van der Waals surface area contributed by atoms with Crippen LogP contribution in [0.25, 0.3) is 0 Å². The lowest BCUT2D eigenvalue weighted by atomic mass is 10.0. The molecule has 0 fully saturated rings. The highest BCUT2D eigenvalue weighted by atomic mass is 35.5. The van der Waals surface area contributed by atoms with Gasteiger partial charge in [0.05, 0.1) is 11.0 Å². The number of nitrogens with one attached hydrogen (secondary N) is 1. The Labute approximate surface area is 176 Å². The second-order valence-electron chi connectivity index (χ2n) is 6.98. The first kappa shape index (κ1) is 20.5. The molecule has 0 bridgehead atoms. The predicted octanol–water partition coefficient (Wildman–Crippen LogP) is 6.92. The molecule has 0 aliphatic heterocycles. The fourth-order valence-corrected chi connectivity index (χ4v) is 4.17. The van der Waals surface area contributed by atoms with Crippen molar-refractivity contribution >= 4 is 35.0 Å². The average Bonchev–Trinajstić information content (AvgIpc) is 2.70. The van der Waals surface area contributed by atoms with Crippen LogP contribution in [0.5, 0.6) is 0 Å². The Morgan fingerprint density at radius 2 is 1.43 bits per heavy atom. The first-order valence-electron chi connectivity index (χ1n) is 9.35. The summed E-state index contributed by atoms with van der Waals surface area (Å²) in [5, 5.41) is 3.78. The number of halogens is 1. The van der Waals surface area contributed by atoms with Gasteiger partial charge in [0.25, 0.3) is 0 Å². The van der Waals surface area contributed by atoms with Crippen LogP contribution in [0, 0.1) is 0 Å². The molecular weight excluding hydrogens is 386 g/mol. The number of carbonyl (C=O) groups excluding carboxylic acids is 1. The number of amides is 1. The highest BCUT2D eigenvalue weighted by Gasteiger charge is 2.16. The SMILES string of the molecule is CC(C)c1ccc(NC(=O)CSC(c2ccccc2)c2ccc(Cl)cc2)cc1. The summed E-state index contributed by atoms with van der Waals surface area (Å²) in [6, 6.07) is 26.1. The van der Waals surface area contributed by atoms with Crippen LogP contribution in [-0.4, -0.2) is 11.7 Å². The number of hydrogen-bond donors (Lipinski definition) is 1. The van der Waals surface area contributed by atoms with E-state index in [1.54, 1.807) is 11.8 Å². The first-order valence-corrected chi connectivity index (χ1v) is 10.8. The summed E-state index contributed by atoms with van der Waals surface area (Å²) in [6.07, 6.45) is 0. The van der Waals surface area contributed by atoms with E-state index in [-0.39, 0.29) is 11.2 Å². The number of carbonyl (C=O) groups is 1. The van der Waals surface area contributed by atoms with E-state index in [9.17, 15) is 4.79 Å². The Balaban J connectivity index is 1.67. The Bertz CT molecular complexity index is 892. The summed E-state index contributed by atoms with van der Waals surface area (Å²) < 4.78 is 0. The molecule has 0 aliphatic rings. The molecule has 1 atom stereocenters. The van der Waals surface area contributed by atoms with Crippen LogP contribution in [0.3, 0.4) is 0 Å². The fraction of sp³-hybridized carbons (Fsp3) is 0.208. The van der Waals surface area contributed by atoms with Crippen molar-refractivity contribution in [2.24, 2.45) is 0 Å². The molecule has 0 aromatic heterocycles. The Kier molecular flexibility index (Phi) is 7.18. The third-order valence-electron chi connectivity index (χ3n) is 4.52. The van der Waals surface area contributed by atoms with Gasteiger partial charge in [-0.25, -0.2) is 0 Å². The van der Waals surface area contributed by atoms with Crippen molar-refractivity contribution in [3.05, 3.63) is 101 Å². The summed E-state index contributed by atoms with van der Waals surface area (Å²) in [6.45, 7) is 4.31. The molecule has 1 N–H and O–H groups in total. The van der Waals surface area contributed by atoms with Crippen molar-refractivity contribution in [3.63, 3.8) is 0 Å². The van der Waals surface area contributed by atoms with Gasteiger partial charge in [0.2, 0.25) is 5.91 Å². The zero-order valence-electron chi connectivity index (χ0n) is 16.1. The Morgan fingerprint density at radius 3 is 2.04 bits per heavy atom. The van der Waals surface area contributed by atoms with Gasteiger partial charge < -0.3 is 5.32 Å². The molecule has 28 heavy (non-hydrogen) atoms. The highest BCUT2D eigenvalue weighted by Crippen LogP contribution is 2.36. The Hall–Kier alpha value is -2.23. The van der Waals surface area contributed by atoms with Crippen molar-refractivity contribution in [2.75, 3.05) is 11.1 Å². The van der Waals surface area contributed by atoms with Crippen LogP contribution in [0.15, 0.2) is 78.9 Å². The van der Waals surface area contributed by atoms with E-state index < -0.39 is 0 Å². The molecule has 0 saturated carbocycles. The van der Waals surface area contributed by atoms with Crippen molar-refractivity contribution in [1.82, 2.24) is 0 Å². The average molecular weight is 410 g/mol. The van der Waals surface area contributed by atoms with Crippen LogP contribution in [0.2, 0.25) is 5.02 Å². The number of hydrogen-bond acceptors (Lipinski definition) is 2. The van der Waals surface area contributed by atoms with Gasteiger partial charge in [0.15, 0.2) is 0 Å². The lowest BCUT2D eigenvalue weighted by molar-refractivity contribution is -0.113. The van der Waals surface area contributed by atoms with Crippen molar-refractivity contribution in [2.45, 2.75) is 25.0 Å². The maximum atomic E-state index is 12.5. The molecule has 3 rings (SSSR count). The number of anilines is 1. The maximum Gasteiger partial charge on any atom is 0.234 e. The van der Waals surface area contributed by atoms with Gasteiger partial charge in [-0.05, 0) is 46.9 Å². The lowest BCUT2D eigenvalue weighted by Crippen LogP contribution is -2.15. The van der Waals surface area contributed by atoms with E-state index in [1.807, 2.05) is 54.6 Å². The van der Waals surface area contributed by atoms with E-state index in [2.05, 4.69) is 43.4 Å². The number of rotatable bonds is 7. The second-order valence-corrected chi connectivity index (χ2v) is 8.51. The van der Waals surface area contributed by atoms with Gasteiger partial charge in [-0.15, -0.1) is 11.8 Å². The van der Waals surface area contributed by atoms with E-state index in [0.717, 1.165) is 11.3 Å². The maximum absolute atomic E-state index is 12.5. The van der Waals surface area contributed by atoms with Gasteiger partial charge in [-0.3, -0.25) is 4.79 Å². The molecule has 1 amide bonds. The van der Waals surface area contributed by atoms with Gasteiger partial charge >= 0.3 is 0 Å². The molecule has 2 nitrogen and oxygen atoms in total. The van der Waals surface area contributed by atoms with Crippen molar-refractivity contribution < 1.29 is 4.79 Å². The molecule has 144 valence electrons. The van der Waals surface area contributed by atoms with E-state index >= 15 is 0 Å². The minimum absolute atomic E-state index is 0.00260. The summed E-state index contributed by atoms with van der Waals surface area (Å²) >= 11 is 7.65. The van der Waals surface area contributed by atoms with Crippen LogP contribution >= 0.6 is 23.4 Å². The molecule has 0 heterocycles. The molecule has 1 unspecified atom stereocenters. The summed E-state index contributed by atoms with van der Waals surface area (Å²) in [5.41, 5.74) is 4.40. The van der Waals surface area contributed by atoms with Gasteiger partial charge in [0.1, 0.15) is 0 Å². The summed E-state index contributed by atoms with van der Waals surface area (Å²) in [5.74, 6) is 0.845. The third kappa shape index (κ3) is 5.63. The van der Waals surface area contributed by atoms with Gasteiger partial charge in [-0.2, -0.15) is 0 Å². The normalized spacial score (nSPS) is 12.0. The summed E-state index contributed by atoms with van der Waals surface area (Å²) in [7, 11) is 0. The van der Waals surface area contributed by atoms with Crippen molar-refractivity contribution in [3.8, 4) is 0 Å². The zero-order chi connectivity index (χ0) is 19.9. The fourth-order valence-electron chi connectivity index (χ4n) is 2.96. The third-order valence-corrected chi connectivity index (χ3v) is 6.08. The van der Waals surface area contributed by atoms with Gasteiger partial charge in [0, 0.05) is 10.7 Å². The van der Waals surface area contributed by atoms with E-state index in [1.165, 1.54) is 11.1 Å². The lowest BCUT2D eigenvalue weighted by Gasteiger charge is -2.18. The molecule has 4 heteroatoms. The van der Waals surface area contributed by atoms with Gasteiger partial charge in [-0.1, -0.05) is 80.0 Å². The molecule has 0 radical (unpaired) electrons. The molecular formula is C24H24ClNOS. The highest BCUT2D eigenvalue weighted by molar-refractivity contribution is 8.00. The van der Waals surface area contributed by atoms with E-state index in [0.29, 0.717) is 16.7 Å². The largest absolute Gasteiger partial charge is 0.325 e. The van der Waals surface area contributed by atoms with Crippen LogP contribution in [0.4, 0.5) is 5.69 Å². The predicted molar refractivity (Wildman–Crippen MR) is 121 cm³/mol. The summed E-state index contributed by atoms with van der Waals surface area (Å²) in [4.78, 5) is 12.5. The molecule has 0 spiro atoms. The molecule has 0 saturated heterocycles. The van der Waals surface area contributed by atoms with Crippen LogP contribution in [0.1, 0.15) is 41.7 Å². The van der Waals surface area contributed by atoms with Crippen LogP contribution < -0.4 is 5.32 Å². The van der Waals surface area contributed by atoms with E-state index in [4.69, 9.17) is 11.6 Å². The van der Waals surface area contributed by atoms with Crippen LogP contribution in [-0.2, 0) is 4.79 Å². The smallest absolute Gasteiger partial charge is 0.234 e. The minimum atomic E-state index is -0.00260.